The van der Waals surface area contributed by atoms with Gasteiger partial charge in [0.15, 0.2) is 0 Å². The Morgan fingerprint density at radius 2 is 2.10 bits per heavy atom. The molecule has 1 aromatic heterocycles. The van der Waals surface area contributed by atoms with Crippen LogP contribution in [0.15, 0.2) is 11.0 Å². The molecule has 0 aliphatic heterocycles. The molecule has 6 nitrogen and oxygen atoms in total. The van der Waals surface area contributed by atoms with Crippen LogP contribution in [-0.4, -0.2) is 40.2 Å². The number of hydrogen-bond acceptors (Lipinski definition) is 4. The first-order valence-corrected chi connectivity index (χ1v) is 7.42. The van der Waals surface area contributed by atoms with E-state index in [1.165, 1.54) is 10.9 Å². The lowest BCUT2D eigenvalue weighted by Gasteiger charge is -2.21. The lowest BCUT2D eigenvalue weighted by atomic mass is 10.2. The van der Waals surface area contributed by atoms with Crippen LogP contribution in [-0.2, 0) is 11.3 Å². The van der Waals surface area contributed by atoms with Crippen molar-refractivity contribution in [1.82, 2.24) is 14.7 Å². The Bertz CT molecular complexity index is 556. The number of carbonyl (C=O) groups excluding carboxylic acids is 1. The molecule has 0 saturated heterocycles. The molecule has 0 bridgehead atoms. The molecule has 1 atom stereocenters. The summed E-state index contributed by atoms with van der Waals surface area (Å²) in [7, 11) is 1.72. The molecule has 0 saturated carbocycles. The van der Waals surface area contributed by atoms with E-state index in [-0.39, 0.29) is 16.5 Å². The van der Waals surface area contributed by atoms with Gasteiger partial charge < -0.3 is 10.2 Å². The maximum Gasteiger partial charge on any atom is 0.287 e. The Hall–Kier alpha value is -1.56. The Morgan fingerprint density at radius 1 is 1.48 bits per heavy atom. The van der Waals surface area contributed by atoms with Crippen LogP contribution in [0.2, 0.25) is 5.02 Å². The van der Waals surface area contributed by atoms with Crippen molar-refractivity contribution in [3.63, 3.8) is 0 Å². The zero-order valence-electron chi connectivity index (χ0n) is 13.2. The van der Waals surface area contributed by atoms with E-state index in [1.54, 1.807) is 18.9 Å². The van der Waals surface area contributed by atoms with Crippen LogP contribution in [0, 0.1) is 5.92 Å². The Labute approximate surface area is 130 Å². The molecule has 1 aromatic rings. The summed E-state index contributed by atoms with van der Waals surface area (Å²) in [6.45, 7) is 8.74. The first-order valence-electron chi connectivity index (χ1n) is 7.05. The lowest BCUT2D eigenvalue weighted by Crippen LogP contribution is -2.39. The molecular formula is C14H23ClN4O2. The van der Waals surface area contributed by atoms with Gasteiger partial charge in [0.1, 0.15) is 11.1 Å². The van der Waals surface area contributed by atoms with Crippen molar-refractivity contribution in [1.29, 1.82) is 0 Å². The molecule has 0 aliphatic rings. The summed E-state index contributed by atoms with van der Waals surface area (Å²) < 4.78 is 1.34. The molecule has 1 heterocycles. The highest BCUT2D eigenvalue weighted by atomic mass is 35.5. The number of carbonyl (C=O) groups is 1. The monoisotopic (exact) mass is 314 g/mol. The number of anilines is 1. The van der Waals surface area contributed by atoms with Crippen molar-refractivity contribution >= 4 is 23.2 Å². The van der Waals surface area contributed by atoms with E-state index in [2.05, 4.69) is 10.4 Å². The summed E-state index contributed by atoms with van der Waals surface area (Å²) >= 11 is 6.08. The minimum absolute atomic E-state index is 0.0597. The van der Waals surface area contributed by atoms with Crippen molar-refractivity contribution < 1.29 is 4.79 Å². The largest absolute Gasteiger partial charge is 0.371 e. The zero-order chi connectivity index (χ0) is 16.2. The van der Waals surface area contributed by atoms with E-state index in [0.29, 0.717) is 24.7 Å². The fourth-order valence-electron chi connectivity index (χ4n) is 1.82. The van der Waals surface area contributed by atoms with E-state index in [4.69, 9.17) is 11.6 Å². The van der Waals surface area contributed by atoms with Gasteiger partial charge in [-0.25, -0.2) is 4.68 Å². The lowest BCUT2D eigenvalue weighted by molar-refractivity contribution is -0.130. The molecule has 1 amide bonds. The van der Waals surface area contributed by atoms with Gasteiger partial charge in [0.05, 0.1) is 11.9 Å². The van der Waals surface area contributed by atoms with Gasteiger partial charge in [-0.05, 0) is 19.8 Å². The Balaban J connectivity index is 2.93. The number of halogens is 1. The van der Waals surface area contributed by atoms with Gasteiger partial charge in [0.25, 0.3) is 5.56 Å². The van der Waals surface area contributed by atoms with E-state index < -0.39 is 6.04 Å². The quantitative estimate of drug-likeness (QED) is 0.870. The molecule has 7 heteroatoms. The summed E-state index contributed by atoms with van der Waals surface area (Å²) in [5, 5.41) is 7.10. The summed E-state index contributed by atoms with van der Waals surface area (Å²) in [5.41, 5.74) is 0.0332. The van der Waals surface area contributed by atoms with Crippen LogP contribution >= 0.6 is 11.6 Å². The van der Waals surface area contributed by atoms with E-state index in [1.807, 2.05) is 20.8 Å². The smallest absolute Gasteiger partial charge is 0.287 e. The van der Waals surface area contributed by atoms with E-state index in [0.717, 1.165) is 0 Å². The molecule has 0 aliphatic carbocycles. The van der Waals surface area contributed by atoms with Crippen LogP contribution < -0.4 is 10.9 Å². The molecule has 0 aromatic carbocycles. The van der Waals surface area contributed by atoms with Gasteiger partial charge in [-0.2, -0.15) is 5.10 Å². The first kappa shape index (κ1) is 17.5. The molecule has 0 spiro atoms. The third-order valence-corrected chi connectivity index (χ3v) is 3.48. The van der Waals surface area contributed by atoms with Crippen LogP contribution in [0.5, 0.6) is 0 Å². The molecule has 1 unspecified atom stereocenters. The van der Waals surface area contributed by atoms with Gasteiger partial charge in [0, 0.05) is 20.1 Å². The second-order valence-corrected chi connectivity index (χ2v) is 5.85. The van der Waals surface area contributed by atoms with Crippen molar-refractivity contribution in [2.75, 3.05) is 18.9 Å². The van der Waals surface area contributed by atoms with Crippen LogP contribution in [0.4, 0.5) is 5.69 Å². The highest BCUT2D eigenvalue weighted by molar-refractivity contribution is 6.33. The molecule has 1 rings (SSSR count). The fraction of sp³-hybridized carbons (Fsp3) is 0.643. The number of nitrogens with zero attached hydrogens (tertiary/aromatic N) is 3. The van der Waals surface area contributed by atoms with Crippen LogP contribution in [0.1, 0.15) is 27.7 Å². The minimum Gasteiger partial charge on any atom is -0.371 e. The third-order valence-electron chi connectivity index (χ3n) is 3.12. The highest BCUT2D eigenvalue weighted by Gasteiger charge is 2.18. The summed E-state index contributed by atoms with van der Waals surface area (Å²) in [5.74, 6) is 0.226. The molecule has 118 valence electrons. The summed E-state index contributed by atoms with van der Waals surface area (Å²) in [6, 6.07) is -0.477. The number of nitrogens with one attached hydrogen (secondary N) is 1. The predicted molar refractivity (Wildman–Crippen MR) is 84.7 cm³/mol. The van der Waals surface area contributed by atoms with Gasteiger partial charge in [0.2, 0.25) is 5.91 Å². The average molecular weight is 315 g/mol. The number of likely N-dealkylation sites (N-methyl/N-ethyl adjacent to an activating group) is 1. The predicted octanol–water partition coefficient (Wildman–Crippen LogP) is 1.83. The average Bonchev–Trinajstić information content (AvgIpc) is 2.44. The molecule has 0 radical (unpaired) electrons. The van der Waals surface area contributed by atoms with Crippen molar-refractivity contribution in [2.24, 2.45) is 5.92 Å². The minimum atomic E-state index is -0.477. The Morgan fingerprint density at radius 3 is 2.62 bits per heavy atom. The van der Waals surface area contributed by atoms with E-state index >= 15 is 0 Å². The van der Waals surface area contributed by atoms with Gasteiger partial charge in [-0.3, -0.25) is 9.59 Å². The number of aromatic nitrogens is 2. The molecule has 21 heavy (non-hydrogen) atoms. The second-order valence-electron chi connectivity index (χ2n) is 5.47. The van der Waals surface area contributed by atoms with Crippen molar-refractivity contribution in [2.45, 2.75) is 40.3 Å². The standard InChI is InChI=1S/C14H23ClN4O2/c1-6-18(5)13(20)10(4)17-11-7-16-19(8-9(2)3)14(21)12(11)15/h7,9-10,17H,6,8H2,1-5H3. The highest BCUT2D eigenvalue weighted by Crippen LogP contribution is 2.17. The Kier molecular flexibility index (Phi) is 6.20. The van der Waals surface area contributed by atoms with E-state index in [9.17, 15) is 9.59 Å². The maximum atomic E-state index is 12.1. The fourth-order valence-corrected chi connectivity index (χ4v) is 2.02. The molecule has 0 fully saturated rings. The van der Waals surface area contributed by atoms with Gasteiger partial charge in [-0.1, -0.05) is 25.4 Å². The number of hydrogen-bond donors (Lipinski definition) is 1. The summed E-state index contributed by atoms with van der Waals surface area (Å²) in [4.78, 5) is 25.7. The van der Waals surface area contributed by atoms with Crippen molar-refractivity contribution in [3.8, 4) is 0 Å². The normalized spacial score (nSPS) is 12.3. The number of rotatable bonds is 6. The summed E-state index contributed by atoms with van der Waals surface area (Å²) in [6.07, 6.45) is 1.49. The zero-order valence-corrected chi connectivity index (χ0v) is 13.9. The van der Waals surface area contributed by atoms with Crippen LogP contribution in [0.25, 0.3) is 0 Å². The maximum absolute atomic E-state index is 12.1. The molecular weight excluding hydrogens is 292 g/mol. The van der Waals surface area contributed by atoms with Crippen LogP contribution in [0.3, 0.4) is 0 Å². The first-order chi connectivity index (χ1) is 9.77. The number of amides is 1. The van der Waals surface area contributed by atoms with Gasteiger partial charge >= 0.3 is 0 Å². The topological polar surface area (TPSA) is 67.2 Å². The van der Waals surface area contributed by atoms with Crippen molar-refractivity contribution in [3.05, 3.63) is 21.6 Å². The third kappa shape index (κ3) is 4.46. The SMILES string of the molecule is CCN(C)C(=O)C(C)Nc1cnn(CC(C)C)c(=O)c1Cl. The van der Waals surface area contributed by atoms with Gasteiger partial charge in [-0.15, -0.1) is 0 Å². The second kappa shape index (κ2) is 7.45. The molecule has 1 N–H and O–H groups in total.